The zero-order valence-electron chi connectivity index (χ0n) is 16.6. The molecule has 0 saturated carbocycles. The number of nitrogens with zero attached hydrogens (tertiary/aromatic N) is 3. The largest absolute Gasteiger partial charge is 0.497 e. The first-order chi connectivity index (χ1) is 13.9. The minimum absolute atomic E-state index is 0.0131. The summed E-state index contributed by atoms with van der Waals surface area (Å²) in [5, 5.41) is 0. The fraction of sp³-hybridized carbons (Fsp3) is 0.579. The number of carbonyl (C=O) groups is 2. The number of sulfone groups is 1. The second-order valence-corrected chi connectivity index (χ2v) is 9.15. The highest BCUT2D eigenvalue weighted by molar-refractivity contribution is 7.91. The van der Waals surface area contributed by atoms with Crippen molar-refractivity contribution in [2.45, 2.75) is 4.90 Å². The zero-order valence-corrected chi connectivity index (χ0v) is 17.4. The van der Waals surface area contributed by atoms with Crippen LogP contribution in [0.25, 0.3) is 0 Å². The van der Waals surface area contributed by atoms with Crippen LogP contribution >= 0.6 is 0 Å². The van der Waals surface area contributed by atoms with Crippen LogP contribution in [0, 0.1) is 0 Å². The van der Waals surface area contributed by atoms with Gasteiger partial charge in [0.25, 0.3) is 0 Å². The standard InChI is InChI=1S/C19H27N3O6S/c1-27-16-3-2-4-17(15-16)29(25,26)14-11-20-5-7-21(8-6-20)18(23)19(24)22-9-12-28-13-10-22/h2-4,15H,5-14H2,1H3. The number of methoxy groups -OCH3 is 1. The van der Waals surface area contributed by atoms with E-state index in [0.29, 0.717) is 64.8 Å². The Morgan fingerprint density at radius 1 is 1.00 bits per heavy atom. The molecule has 3 rings (SSSR count). The minimum atomic E-state index is -3.42. The summed E-state index contributed by atoms with van der Waals surface area (Å²) in [6.45, 7) is 4.05. The van der Waals surface area contributed by atoms with Gasteiger partial charge in [0.2, 0.25) is 0 Å². The molecule has 2 fully saturated rings. The third kappa shape index (κ3) is 5.46. The van der Waals surface area contributed by atoms with Gasteiger partial charge in [0.15, 0.2) is 9.84 Å². The van der Waals surface area contributed by atoms with Gasteiger partial charge in [-0.25, -0.2) is 8.42 Å². The Morgan fingerprint density at radius 2 is 1.62 bits per heavy atom. The number of piperazine rings is 1. The van der Waals surface area contributed by atoms with Crippen LogP contribution in [-0.2, 0) is 24.2 Å². The molecule has 2 amide bonds. The van der Waals surface area contributed by atoms with Crippen LogP contribution < -0.4 is 4.74 Å². The van der Waals surface area contributed by atoms with Crippen LogP contribution in [0.15, 0.2) is 29.2 Å². The van der Waals surface area contributed by atoms with E-state index in [9.17, 15) is 18.0 Å². The summed E-state index contributed by atoms with van der Waals surface area (Å²) in [6, 6.07) is 6.43. The average molecular weight is 426 g/mol. The molecule has 0 atom stereocenters. The third-order valence-electron chi connectivity index (χ3n) is 5.22. The molecule has 1 aromatic rings. The Bertz CT molecular complexity index is 830. The quantitative estimate of drug-likeness (QED) is 0.585. The number of hydrogen-bond donors (Lipinski definition) is 0. The molecule has 9 nitrogen and oxygen atoms in total. The molecule has 160 valence electrons. The van der Waals surface area contributed by atoms with E-state index < -0.39 is 21.7 Å². The van der Waals surface area contributed by atoms with Crippen LogP contribution in [0.4, 0.5) is 0 Å². The average Bonchev–Trinajstić information content (AvgIpc) is 2.77. The molecule has 0 unspecified atom stereocenters. The predicted octanol–water partition coefficient (Wildman–Crippen LogP) is -0.528. The van der Waals surface area contributed by atoms with Crippen molar-refractivity contribution in [1.29, 1.82) is 0 Å². The first kappa shape index (κ1) is 21.5. The molecule has 0 spiro atoms. The van der Waals surface area contributed by atoms with Crippen molar-refractivity contribution in [2.24, 2.45) is 0 Å². The number of amides is 2. The number of carbonyl (C=O) groups excluding carboxylic acids is 2. The molecule has 0 bridgehead atoms. The summed E-state index contributed by atoms with van der Waals surface area (Å²) in [4.78, 5) is 30.1. The molecular formula is C19H27N3O6S. The maximum atomic E-state index is 12.6. The molecule has 1 aromatic carbocycles. The van der Waals surface area contributed by atoms with Gasteiger partial charge >= 0.3 is 11.8 Å². The van der Waals surface area contributed by atoms with E-state index in [0.717, 1.165) is 0 Å². The molecule has 0 N–H and O–H groups in total. The van der Waals surface area contributed by atoms with Crippen molar-refractivity contribution < 1.29 is 27.5 Å². The van der Waals surface area contributed by atoms with Gasteiger partial charge in [0.1, 0.15) is 5.75 Å². The van der Waals surface area contributed by atoms with Gasteiger partial charge in [0, 0.05) is 45.8 Å². The fourth-order valence-electron chi connectivity index (χ4n) is 3.37. The molecular weight excluding hydrogens is 398 g/mol. The van der Waals surface area contributed by atoms with Crippen molar-refractivity contribution in [3.8, 4) is 5.75 Å². The Kier molecular flexibility index (Phi) is 7.09. The van der Waals surface area contributed by atoms with Gasteiger partial charge in [0.05, 0.1) is 31.0 Å². The Hall–Kier alpha value is -2.17. The summed E-state index contributed by atoms with van der Waals surface area (Å²) in [7, 11) is -1.93. The monoisotopic (exact) mass is 425 g/mol. The van der Waals surface area contributed by atoms with E-state index >= 15 is 0 Å². The normalized spacial score (nSPS) is 18.5. The van der Waals surface area contributed by atoms with Crippen LogP contribution in [0.3, 0.4) is 0 Å². The second kappa shape index (κ2) is 9.55. The van der Waals surface area contributed by atoms with E-state index in [1.807, 2.05) is 4.90 Å². The van der Waals surface area contributed by atoms with E-state index in [-0.39, 0.29) is 10.6 Å². The maximum Gasteiger partial charge on any atom is 0.312 e. The molecule has 2 aliphatic rings. The summed E-state index contributed by atoms with van der Waals surface area (Å²) in [6.07, 6.45) is 0. The lowest BCUT2D eigenvalue weighted by Gasteiger charge is -2.35. The minimum Gasteiger partial charge on any atom is -0.497 e. The Morgan fingerprint density at radius 3 is 2.24 bits per heavy atom. The molecule has 2 saturated heterocycles. The maximum absolute atomic E-state index is 12.6. The van der Waals surface area contributed by atoms with Gasteiger partial charge in [-0.15, -0.1) is 0 Å². The van der Waals surface area contributed by atoms with Crippen LogP contribution in [0.1, 0.15) is 0 Å². The molecule has 2 aliphatic heterocycles. The highest BCUT2D eigenvalue weighted by Crippen LogP contribution is 2.18. The lowest BCUT2D eigenvalue weighted by molar-refractivity contribution is -0.155. The lowest BCUT2D eigenvalue weighted by atomic mass is 10.3. The van der Waals surface area contributed by atoms with Crippen molar-refractivity contribution >= 4 is 21.7 Å². The smallest absolute Gasteiger partial charge is 0.312 e. The molecule has 10 heteroatoms. The Labute approximate surface area is 171 Å². The first-order valence-electron chi connectivity index (χ1n) is 9.66. The molecule has 2 heterocycles. The summed E-state index contributed by atoms with van der Waals surface area (Å²) in [5.74, 6) is -0.484. The van der Waals surface area contributed by atoms with E-state index in [2.05, 4.69) is 0 Å². The number of ether oxygens (including phenoxy) is 2. The van der Waals surface area contributed by atoms with Gasteiger partial charge in [-0.05, 0) is 18.2 Å². The molecule has 0 radical (unpaired) electrons. The van der Waals surface area contributed by atoms with Gasteiger partial charge in [-0.1, -0.05) is 6.07 Å². The third-order valence-corrected chi connectivity index (χ3v) is 6.91. The lowest BCUT2D eigenvalue weighted by Crippen LogP contribution is -2.55. The Balaban J connectivity index is 1.48. The van der Waals surface area contributed by atoms with Crippen molar-refractivity contribution in [3.63, 3.8) is 0 Å². The van der Waals surface area contributed by atoms with Crippen molar-refractivity contribution in [3.05, 3.63) is 24.3 Å². The molecule has 0 aliphatic carbocycles. The number of morpholine rings is 1. The van der Waals surface area contributed by atoms with Crippen LogP contribution in [-0.4, -0.2) is 107 Å². The highest BCUT2D eigenvalue weighted by atomic mass is 32.2. The van der Waals surface area contributed by atoms with E-state index in [1.165, 1.54) is 18.1 Å². The van der Waals surface area contributed by atoms with Crippen molar-refractivity contribution in [1.82, 2.24) is 14.7 Å². The van der Waals surface area contributed by atoms with Crippen molar-refractivity contribution in [2.75, 3.05) is 71.9 Å². The molecule has 0 aromatic heterocycles. The topological polar surface area (TPSA) is 96.5 Å². The number of rotatable bonds is 5. The first-order valence-corrected chi connectivity index (χ1v) is 11.3. The highest BCUT2D eigenvalue weighted by Gasteiger charge is 2.30. The van der Waals surface area contributed by atoms with Gasteiger partial charge in [-0.3, -0.25) is 14.5 Å². The van der Waals surface area contributed by atoms with Gasteiger partial charge in [-0.2, -0.15) is 0 Å². The summed E-state index contributed by atoms with van der Waals surface area (Å²) in [5.41, 5.74) is 0. The van der Waals surface area contributed by atoms with E-state index in [4.69, 9.17) is 9.47 Å². The van der Waals surface area contributed by atoms with Crippen LogP contribution in [0.5, 0.6) is 5.75 Å². The molecule has 29 heavy (non-hydrogen) atoms. The fourth-order valence-corrected chi connectivity index (χ4v) is 4.69. The summed E-state index contributed by atoms with van der Waals surface area (Å²) >= 11 is 0. The second-order valence-electron chi connectivity index (χ2n) is 7.04. The number of hydrogen-bond acceptors (Lipinski definition) is 7. The summed E-state index contributed by atoms with van der Waals surface area (Å²) < 4.78 is 35.4. The van der Waals surface area contributed by atoms with Gasteiger partial charge < -0.3 is 19.3 Å². The predicted molar refractivity (Wildman–Crippen MR) is 105 cm³/mol. The van der Waals surface area contributed by atoms with E-state index in [1.54, 1.807) is 23.1 Å². The SMILES string of the molecule is COc1cccc(S(=O)(=O)CCN2CCN(C(=O)C(=O)N3CCOCC3)CC2)c1. The number of benzene rings is 1. The zero-order chi connectivity index (χ0) is 20.9. The van der Waals surface area contributed by atoms with Crippen LogP contribution in [0.2, 0.25) is 0 Å².